The van der Waals surface area contributed by atoms with E-state index in [2.05, 4.69) is 0 Å². The van der Waals surface area contributed by atoms with E-state index in [1.807, 2.05) is 18.2 Å². The summed E-state index contributed by atoms with van der Waals surface area (Å²) in [5.41, 5.74) is 1.17. The Kier molecular flexibility index (Phi) is 4.47. The second kappa shape index (κ2) is 6.70. The number of rotatable bonds is 4. The fourth-order valence-electron chi connectivity index (χ4n) is 2.80. The highest BCUT2D eigenvalue weighted by atomic mass is 16.7. The predicted molar refractivity (Wildman–Crippen MR) is 77.7 cm³/mol. The molecule has 2 aliphatic heterocycles. The maximum atomic E-state index is 11.8. The van der Waals surface area contributed by atoms with Gasteiger partial charge in [-0.3, -0.25) is 4.79 Å². The molecule has 1 saturated heterocycles. The number of hydrogen-bond donors (Lipinski definition) is 1. The van der Waals surface area contributed by atoms with Crippen LogP contribution in [0.15, 0.2) is 30.4 Å². The quantitative estimate of drug-likeness (QED) is 0.646. The first-order chi connectivity index (χ1) is 11.1. The van der Waals surface area contributed by atoms with Crippen LogP contribution in [0.5, 0.6) is 11.5 Å². The zero-order valence-corrected chi connectivity index (χ0v) is 12.6. The van der Waals surface area contributed by atoms with Gasteiger partial charge >= 0.3 is 0 Å². The van der Waals surface area contributed by atoms with Crippen LogP contribution in [0.25, 0.3) is 0 Å². The highest BCUT2D eigenvalue weighted by Gasteiger charge is 2.23. The number of nitrogens with zero attached hydrogens (tertiary/aromatic N) is 1. The van der Waals surface area contributed by atoms with Crippen molar-refractivity contribution in [3.8, 4) is 11.5 Å². The van der Waals surface area contributed by atoms with E-state index in [0.29, 0.717) is 13.1 Å². The first-order valence-corrected chi connectivity index (χ1v) is 7.52. The Balaban J connectivity index is 1.51. The Labute approximate surface area is 133 Å². The molecular weight excluding hydrogens is 300 g/mol. The third kappa shape index (κ3) is 3.81. The summed E-state index contributed by atoms with van der Waals surface area (Å²) in [6.45, 7) is 3.98. The van der Waals surface area contributed by atoms with Gasteiger partial charge in [-0.1, -0.05) is 0 Å². The standard InChI is InChI=1S/C16H18N2O5/c19-15(3-4-16(20)21)18-7-5-17(6-8-18)10-12-1-2-13-14(9-12)23-11-22-13/h1-4,9H,5-8,10-11H2,(H,20,21)/b4-3+. The highest BCUT2D eigenvalue weighted by Crippen LogP contribution is 2.32. The molecule has 1 amide bonds. The van der Waals surface area contributed by atoms with Crippen molar-refractivity contribution < 1.29 is 29.1 Å². The molecule has 0 bridgehead atoms. The summed E-state index contributed by atoms with van der Waals surface area (Å²) in [6.07, 6.45) is 1.83. The molecule has 0 unspecified atom stereocenters. The Morgan fingerprint density at radius 2 is 1.91 bits per heavy atom. The van der Waals surface area contributed by atoms with Crippen molar-refractivity contribution in [2.24, 2.45) is 0 Å². The van der Waals surface area contributed by atoms with Gasteiger partial charge in [0.2, 0.25) is 12.7 Å². The van der Waals surface area contributed by atoms with Crippen molar-refractivity contribution >= 4 is 11.9 Å². The van der Waals surface area contributed by atoms with Crippen LogP contribution in [0.4, 0.5) is 0 Å². The van der Waals surface area contributed by atoms with E-state index in [1.165, 1.54) is 10.5 Å². The van der Waals surface area contributed by atoms with E-state index in [1.54, 1.807) is 4.90 Å². The van der Waals surface area contributed by atoms with Gasteiger partial charge in [0.1, 0.15) is 6.54 Å². The summed E-state index contributed by atoms with van der Waals surface area (Å²) in [7, 11) is 0. The molecule has 0 atom stereocenters. The maximum absolute atomic E-state index is 11.8. The normalized spacial score (nSPS) is 17.7. The van der Waals surface area contributed by atoms with Crippen molar-refractivity contribution in [1.82, 2.24) is 4.90 Å². The van der Waals surface area contributed by atoms with Gasteiger partial charge in [-0.25, -0.2) is 0 Å². The number of carboxylic acid groups (broad SMARTS) is 1. The number of quaternary nitrogens is 1. The summed E-state index contributed by atoms with van der Waals surface area (Å²) in [5, 5.41) is 10.3. The average Bonchev–Trinajstić information content (AvgIpc) is 3.01. The number of carbonyl (C=O) groups is 2. The van der Waals surface area contributed by atoms with E-state index in [9.17, 15) is 14.7 Å². The van der Waals surface area contributed by atoms with Gasteiger partial charge in [-0.15, -0.1) is 0 Å². The molecule has 2 aliphatic rings. The second-order valence-corrected chi connectivity index (χ2v) is 5.59. The zero-order valence-electron chi connectivity index (χ0n) is 12.6. The largest absolute Gasteiger partial charge is 0.545 e. The number of ether oxygens (including phenoxy) is 2. The number of aliphatic carboxylic acids is 1. The van der Waals surface area contributed by atoms with E-state index >= 15 is 0 Å². The summed E-state index contributed by atoms with van der Waals surface area (Å²) >= 11 is 0. The second-order valence-electron chi connectivity index (χ2n) is 5.59. The van der Waals surface area contributed by atoms with Crippen LogP contribution >= 0.6 is 0 Å². The fourth-order valence-corrected chi connectivity index (χ4v) is 2.80. The number of nitrogens with one attached hydrogen (secondary N) is 1. The van der Waals surface area contributed by atoms with Gasteiger partial charge in [-0.2, -0.15) is 0 Å². The monoisotopic (exact) mass is 318 g/mol. The molecule has 0 saturated carbocycles. The van der Waals surface area contributed by atoms with Gasteiger partial charge in [0.15, 0.2) is 11.5 Å². The van der Waals surface area contributed by atoms with Crippen molar-refractivity contribution in [3.05, 3.63) is 35.9 Å². The molecule has 0 spiro atoms. The van der Waals surface area contributed by atoms with Crippen LogP contribution in [0.2, 0.25) is 0 Å². The number of hydrogen-bond acceptors (Lipinski definition) is 5. The smallest absolute Gasteiger partial charge is 0.247 e. The maximum Gasteiger partial charge on any atom is 0.247 e. The highest BCUT2D eigenvalue weighted by molar-refractivity contribution is 5.93. The molecule has 1 N–H and O–H groups in total. The topological polar surface area (TPSA) is 83.3 Å². The van der Waals surface area contributed by atoms with E-state index in [-0.39, 0.29) is 12.7 Å². The summed E-state index contributed by atoms with van der Waals surface area (Å²) in [6, 6.07) is 5.94. The Hall–Kier alpha value is -2.54. The Morgan fingerprint density at radius 3 is 2.65 bits per heavy atom. The average molecular weight is 318 g/mol. The lowest BCUT2D eigenvalue weighted by molar-refractivity contribution is -0.917. The summed E-state index contributed by atoms with van der Waals surface area (Å²) in [5.74, 6) is -0.0799. The number of carbonyl (C=O) groups excluding carboxylic acids is 2. The summed E-state index contributed by atoms with van der Waals surface area (Å²) in [4.78, 5) is 25.2. The van der Waals surface area contributed by atoms with Crippen molar-refractivity contribution in [2.75, 3.05) is 33.0 Å². The molecule has 1 fully saturated rings. The van der Waals surface area contributed by atoms with Crippen LogP contribution in [0.1, 0.15) is 5.56 Å². The number of carboxylic acids is 1. The molecule has 1 aromatic rings. The Bertz CT molecular complexity index is 635. The lowest BCUT2D eigenvalue weighted by atomic mass is 10.1. The lowest BCUT2D eigenvalue weighted by Crippen LogP contribution is -3.13. The molecule has 1 aromatic carbocycles. The molecule has 23 heavy (non-hydrogen) atoms. The molecule has 0 aromatic heterocycles. The van der Waals surface area contributed by atoms with Gasteiger partial charge in [0.25, 0.3) is 0 Å². The number of fused-ring (bicyclic) bond motifs is 1. The van der Waals surface area contributed by atoms with Crippen LogP contribution < -0.4 is 19.5 Å². The molecule has 122 valence electrons. The SMILES string of the molecule is O=C([O-])/C=C/C(=O)N1CC[NH+](Cc2ccc3c(c2)OCO3)CC1. The third-order valence-electron chi connectivity index (χ3n) is 4.04. The number of amides is 1. The molecule has 7 nitrogen and oxygen atoms in total. The first-order valence-electron chi connectivity index (χ1n) is 7.52. The van der Waals surface area contributed by atoms with Gasteiger partial charge < -0.3 is 29.2 Å². The van der Waals surface area contributed by atoms with Crippen LogP contribution in [0.3, 0.4) is 0 Å². The molecular formula is C16H18N2O5. The van der Waals surface area contributed by atoms with Gasteiger partial charge in [-0.05, 0) is 24.3 Å². The van der Waals surface area contributed by atoms with Crippen molar-refractivity contribution in [2.45, 2.75) is 6.54 Å². The number of piperazine rings is 1. The molecule has 0 radical (unpaired) electrons. The van der Waals surface area contributed by atoms with Gasteiger partial charge in [0, 0.05) is 11.6 Å². The minimum Gasteiger partial charge on any atom is -0.545 e. The molecule has 0 aliphatic carbocycles. The molecule has 2 heterocycles. The van der Waals surface area contributed by atoms with Gasteiger partial charge in [0.05, 0.1) is 32.1 Å². The van der Waals surface area contributed by atoms with Crippen LogP contribution in [-0.2, 0) is 16.1 Å². The zero-order chi connectivity index (χ0) is 16.2. The van der Waals surface area contributed by atoms with E-state index in [4.69, 9.17) is 9.47 Å². The Morgan fingerprint density at radius 1 is 1.17 bits per heavy atom. The van der Waals surface area contributed by atoms with Crippen LogP contribution in [0, 0.1) is 0 Å². The molecule has 3 rings (SSSR count). The minimum atomic E-state index is -1.36. The summed E-state index contributed by atoms with van der Waals surface area (Å²) < 4.78 is 10.7. The van der Waals surface area contributed by atoms with E-state index in [0.717, 1.165) is 43.3 Å². The fraction of sp³-hybridized carbons (Fsp3) is 0.375. The van der Waals surface area contributed by atoms with Crippen molar-refractivity contribution in [1.29, 1.82) is 0 Å². The first kappa shape index (κ1) is 15.4. The minimum absolute atomic E-state index is 0.270. The predicted octanol–water partition coefficient (Wildman–Crippen LogP) is -2.05. The molecule has 7 heteroatoms. The third-order valence-corrected chi connectivity index (χ3v) is 4.04. The van der Waals surface area contributed by atoms with E-state index < -0.39 is 5.97 Å². The number of benzene rings is 1. The lowest BCUT2D eigenvalue weighted by Gasteiger charge is -2.31. The van der Waals surface area contributed by atoms with Crippen LogP contribution in [-0.4, -0.2) is 49.7 Å². The van der Waals surface area contributed by atoms with Crippen molar-refractivity contribution in [3.63, 3.8) is 0 Å².